The number of aliphatic hydroxyl groups is 1. The number of hydrogen-bond donors (Lipinski definition) is 2. The lowest BCUT2D eigenvalue weighted by atomic mass is 9.93. The number of carbonyl (C=O) groups is 6. The fourth-order valence-corrected chi connectivity index (χ4v) is 8.76. The van der Waals surface area contributed by atoms with E-state index in [-0.39, 0.29) is 79.0 Å². The Balaban J connectivity index is 0.000000216. The van der Waals surface area contributed by atoms with E-state index >= 15 is 0 Å². The van der Waals surface area contributed by atoms with Crippen molar-refractivity contribution in [3.05, 3.63) is 166 Å². The maximum absolute atomic E-state index is 13.5. The number of carboxylic acid groups (broad SMARTS) is 1. The van der Waals surface area contributed by atoms with Crippen LogP contribution in [-0.2, 0) is 62.7 Å². The molecule has 2 amide bonds. The first-order valence-electron chi connectivity index (χ1n) is 24.5. The second-order valence-electron chi connectivity index (χ2n) is 17.5. The summed E-state index contributed by atoms with van der Waals surface area (Å²) >= 11 is 0. The van der Waals surface area contributed by atoms with Crippen LogP contribution >= 0.6 is 0 Å². The van der Waals surface area contributed by atoms with Crippen molar-refractivity contribution in [2.45, 2.75) is 63.7 Å². The fraction of sp³-hybridized carbons (Fsp3) is 0.310. The molecule has 2 aromatic heterocycles. The quantitative estimate of drug-likeness (QED) is 0.0388. The minimum atomic E-state index is -1.16. The molecule has 19 nitrogen and oxygen atoms in total. The normalized spacial score (nSPS) is 14.1. The zero-order chi connectivity index (χ0) is 55.4. The maximum atomic E-state index is 13.5. The molecular weight excluding hydrogens is 993 g/mol. The second kappa shape index (κ2) is 28.2. The summed E-state index contributed by atoms with van der Waals surface area (Å²) in [6.07, 6.45) is 10.5. The number of benzene rings is 4. The summed E-state index contributed by atoms with van der Waals surface area (Å²) in [5, 5.41) is 18.1. The topological polar surface area (TPSA) is 240 Å². The molecule has 0 radical (unpaired) electrons. The van der Waals surface area contributed by atoms with Crippen LogP contribution in [0.4, 0.5) is 0 Å². The number of Topliss-reactive ketones (excluding diaryl/α,β-unsaturated/α-hetero) is 2. The lowest BCUT2D eigenvalue weighted by Crippen LogP contribution is -2.51. The molecular formula is C58H62N4O15. The summed E-state index contributed by atoms with van der Waals surface area (Å²) in [5.74, 6) is -3.54. The van der Waals surface area contributed by atoms with Crippen molar-refractivity contribution < 1.29 is 72.1 Å². The van der Waals surface area contributed by atoms with Crippen LogP contribution in [0.5, 0.6) is 34.5 Å². The maximum Gasteiger partial charge on any atom is 0.329 e. The standard InChI is InChI=1S/C29H30N2O7.C21H21NO7.C8H11NO/c1-35-24-15-22(16-25(36-2)27(24)37-3)26(32)28(33)31-18-21-11-5-4-10-20(21)14-23(31)29(34)38-13-7-9-19-8-6-12-30-17-19;1-27-16-9-14(10-17(28-2)19(16)29-3)18(23)20(24)22-11-13-7-5-4-6-12(13)8-15(22)21(25)26;10-6-2-4-8-3-1-5-9-7-8/h4-6,8,10-12,15-17,23H,7,9,13-14,18H2,1-3H3;4-7,9-10,15H,8,11H2,1-3H3,(H,25,26);1,3,5,7,10H,2,4,6H2. The second-order valence-corrected chi connectivity index (χ2v) is 17.5. The number of esters is 1. The number of ketones is 2. The molecule has 0 bridgehead atoms. The van der Waals surface area contributed by atoms with Gasteiger partial charge in [-0.2, -0.15) is 0 Å². The van der Waals surface area contributed by atoms with Crippen LogP contribution in [0.1, 0.15) is 66.9 Å². The number of nitrogens with zero attached hydrogens (tertiary/aromatic N) is 4. The Morgan fingerprint density at radius 2 is 0.935 bits per heavy atom. The molecule has 404 valence electrons. The van der Waals surface area contributed by atoms with E-state index < -0.39 is 47.4 Å². The van der Waals surface area contributed by atoms with Crippen molar-refractivity contribution in [2.24, 2.45) is 0 Å². The molecule has 2 atom stereocenters. The third-order valence-corrected chi connectivity index (χ3v) is 12.7. The number of methoxy groups -OCH3 is 6. The van der Waals surface area contributed by atoms with Gasteiger partial charge < -0.3 is 53.2 Å². The lowest BCUT2D eigenvalue weighted by Gasteiger charge is -2.35. The van der Waals surface area contributed by atoms with Crippen molar-refractivity contribution in [3.63, 3.8) is 0 Å². The monoisotopic (exact) mass is 1050 g/mol. The summed E-state index contributed by atoms with van der Waals surface area (Å²) in [4.78, 5) is 88.2. The highest BCUT2D eigenvalue weighted by Gasteiger charge is 2.40. The molecule has 77 heavy (non-hydrogen) atoms. The summed E-state index contributed by atoms with van der Waals surface area (Å²) in [7, 11) is 8.52. The van der Waals surface area contributed by atoms with E-state index in [0.717, 1.165) is 45.6 Å². The number of aryl methyl sites for hydroxylation is 2. The zero-order valence-electron chi connectivity index (χ0n) is 43.8. The predicted octanol–water partition coefficient (Wildman–Crippen LogP) is 6.36. The van der Waals surface area contributed by atoms with Crippen LogP contribution in [0, 0.1) is 0 Å². The average Bonchev–Trinajstić information content (AvgIpc) is 3.48. The number of fused-ring (bicyclic) bond motifs is 2. The van der Waals surface area contributed by atoms with Crippen LogP contribution in [0.15, 0.2) is 122 Å². The zero-order valence-corrected chi connectivity index (χ0v) is 43.8. The first-order valence-corrected chi connectivity index (χ1v) is 24.5. The van der Waals surface area contributed by atoms with Crippen LogP contribution < -0.4 is 28.4 Å². The molecule has 2 aliphatic rings. The number of rotatable bonds is 19. The van der Waals surface area contributed by atoms with Crippen molar-refractivity contribution in [3.8, 4) is 34.5 Å². The first kappa shape index (κ1) is 57.4. The fourth-order valence-electron chi connectivity index (χ4n) is 8.76. The Hall–Kier alpha value is -8.84. The minimum absolute atomic E-state index is 0.0208. The molecule has 4 heterocycles. The molecule has 2 N–H and O–H groups in total. The number of ether oxygens (including phenoxy) is 7. The van der Waals surface area contributed by atoms with Crippen LogP contribution in [-0.4, -0.2) is 133 Å². The van der Waals surface area contributed by atoms with E-state index in [1.807, 2.05) is 79.0 Å². The smallest absolute Gasteiger partial charge is 0.329 e. The van der Waals surface area contributed by atoms with Gasteiger partial charge in [-0.1, -0.05) is 60.7 Å². The van der Waals surface area contributed by atoms with Crippen molar-refractivity contribution in [1.82, 2.24) is 19.8 Å². The van der Waals surface area contributed by atoms with Gasteiger partial charge in [0.05, 0.1) is 49.3 Å². The number of carboxylic acids is 1. The number of hydrogen-bond acceptors (Lipinski definition) is 16. The summed E-state index contributed by atoms with van der Waals surface area (Å²) in [6, 6.07) is 26.1. The molecule has 19 heteroatoms. The number of aliphatic hydroxyl groups excluding tert-OH is 1. The molecule has 2 unspecified atom stereocenters. The number of amides is 2. The number of pyridine rings is 2. The molecule has 8 rings (SSSR count). The molecule has 0 fully saturated rings. The Bertz CT molecular complexity index is 2960. The largest absolute Gasteiger partial charge is 0.493 e. The highest BCUT2D eigenvalue weighted by Crippen LogP contribution is 2.40. The minimum Gasteiger partial charge on any atom is -0.493 e. The highest BCUT2D eigenvalue weighted by molar-refractivity contribution is 6.43. The van der Waals surface area contributed by atoms with Gasteiger partial charge in [-0.15, -0.1) is 0 Å². The molecule has 0 aliphatic carbocycles. The number of carbonyl (C=O) groups excluding carboxylic acids is 5. The summed E-state index contributed by atoms with van der Waals surface area (Å²) in [5.41, 5.74) is 5.80. The van der Waals surface area contributed by atoms with Gasteiger partial charge in [0.15, 0.2) is 23.0 Å². The Labute approximate surface area is 446 Å². The van der Waals surface area contributed by atoms with Crippen molar-refractivity contribution >= 4 is 35.3 Å². The van der Waals surface area contributed by atoms with Crippen molar-refractivity contribution in [2.75, 3.05) is 55.9 Å². The molecule has 2 aliphatic heterocycles. The van der Waals surface area contributed by atoms with Gasteiger partial charge in [-0.25, -0.2) is 9.59 Å². The third kappa shape index (κ3) is 14.5. The van der Waals surface area contributed by atoms with Gasteiger partial charge in [0.25, 0.3) is 23.4 Å². The number of aromatic nitrogens is 2. The van der Waals surface area contributed by atoms with E-state index in [0.29, 0.717) is 18.6 Å². The molecule has 4 aromatic carbocycles. The van der Waals surface area contributed by atoms with E-state index in [1.165, 1.54) is 77.4 Å². The Kier molecular flexibility index (Phi) is 21.0. The summed E-state index contributed by atoms with van der Waals surface area (Å²) < 4.78 is 37.2. The predicted molar refractivity (Wildman–Crippen MR) is 281 cm³/mol. The van der Waals surface area contributed by atoms with Gasteiger partial charge in [-0.3, -0.25) is 29.1 Å². The Morgan fingerprint density at radius 3 is 1.31 bits per heavy atom. The van der Waals surface area contributed by atoms with Gasteiger partial charge in [0.1, 0.15) is 12.1 Å². The van der Waals surface area contributed by atoms with E-state index in [2.05, 4.69) is 9.97 Å². The average molecular weight is 1060 g/mol. The lowest BCUT2D eigenvalue weighted by molar-refractivity contribution is -0.155. The number of aliphatic carboxylic acids is 1. The van der Waals surface area contributed by atoms with E-state index in [9.17, 15) is 33.9 Å². The first-order chi connectivity index (χ1) is 37.3. The molecule has 0 saturated carbocycles. The Morgan fingerprint density at radius 1 is 0.532 bits per heavy atom. The summed E-state index contributed by atoms with van der Waals surface area (Å²) in [6.45, 7) is 0.604. The van der Waals surface area contributed by atoms with Gasteiger partial charge in [0.2, 0.25) is 11.5 Å². The molecule has 6 aromatic rings. The van der Waals surface area contributed by atoms with Crippen LogP contribution in [0.3, 0.4) is 0 Å². The van der Waals surface area contributed by atoms with Gasteiger partial charge in [0, 0.05) is 68.5 Å². The van der Waals surface area contributed by atoms with Gasteiger partial charge >= 0.3 is 11.9 Å². The molecule has 0 saturated heterocycles. The van der Waals surface area contributed by atoms with Crippen molar-refractivity contribution in [1.29, 1.82) is 0 Å². The van der Waals surface area contributed by atoms with E-state index in [4.69, 9.17) is 38.3 Å². The van der Waals surface area contributed by atoms with Crippen LogP contribution in [0.25, 0.3) is 0 Å². The third-order valence-electron chi connectivity index (χ3n) is 12.7. The van der Waals surface area contributed by atoms with E-state index in [1.54, 1.807) is 18.6 Å². The van der Waals surface area contributed by atoms with Gasteiger partial charge in [-0.05, 0) is 95.5 Å². The highest BCUT2D eigenvalue weighted by atomic mass is 16.5. The molecule has 0 spiro atoms. The van der Waals surface area contributed by atoms with Crippen LogP contribution in [0.2, 0.25) is 0 Å². The SMILES string of the molecule is COc1cc(C(=O)C(=O)N2Cc3ccccc3CC2C(=O)O)cc(OC)c1OC.COc1cc(C(=O)C(=O)N2Cc3ccccc3CC2C(=O)OCCCc2cccnc2)cc(OC)c1OC.OCCCc1cccnc1.